The number of carbonyl (C=O) groups excluding carboxylic acids is 1. The number of benzene rings is 1. The van der Waals surface area contributed by atoms with Gasteiger partial charge in [0.25, 0.3) is 0 Å². The summed E-state index contributed by atoms with van der Waals surface area (Å²) >= 11 is 0. The zero-order valence-electron chi connectivity index (χ0n) is 11.8. The molecule has 1 amide bonds. The summed E-state index contributed by atoms with van der Waals surface area (Å²) in [4.78, 5) is 17.3. The van der Waals surface area contributed by atoms with Gasteiger partial charge in [0.2, 0.25) is 5.91 Å². The summed E-state index contributed by atoms with van der Waals surface area (Å²) in [7, 11) is 0. The van der Waals surface area contributed by atoms with Crippen molar-refractivity contribution in [2.45, 2.75) is 19.0 Å². The van der Waals surface area contributed by atoms with E-state index in [1.165, 1.54) is 22.0 Å². The minimum Gasteiger partial charge on any atom is -0.324 e. The van der Waals surface area contributed by atoms with E-state index in [1.807, 2.05) is 6.07 Å². The molecule has 1 aliphatic heterocycles. The number of halogens is 3. The molecule has 3 rings (SSSR count). The van der Waals surface area contributed by atoms with Crippen molar-refractivity contribution in [3.63, 3.8) is 0 Å². The van der Waals surface area contributed by atoms with Gasteiger partial charge in [0.05, 0.1) is 19.2 Å². The van der Waals surface area contributed by atoms with E-state index in [1.54, 1.807) is 0 Å². The third kappa shape index (κ3) is 2.65. The second-order valence-electron chi connectivity index (χ2n) is 5.28. The highest BCUT2D eigenvalue weighted by Gasteiger charge is 2.33. The normalized spacial score (nSPS) is 17.6. The van der Waals surface area contributed by atoms with Crippen LogP contribution in [-0.4, -0.2) is 26.9 Å². The molecule has 1 aliphatic rings. The van der Waals surface area contributed by atoms with Gasteiger partial charge < -0.3 is 9.47 Å². The molecule has 0 aliphatic carbocycles. The van der Waals surface area contributed by atoms with Crippen LogP contribution in [0.25, 0.3) is 0 Å². The fraction of sp³-hybridized carbons (Fsp3) is 0.267. The van der Waals surface area contributed by atoms with Crippen LogP contribution in [-0.2, 0) is 11.5 Å². The van der Waals surface area contributed by atoms with Gasteiger partial charge in [0.1, 0.15) is 11.8 Å². The van der Waals surface area contributed by atoms with Gasteiger partial charge in [-0.15, -0.1) is 0 Å². The summed E-state index contributed by atoms with van der Waals surface area (Å²) in [5, 5.41) is 8.93. The zero-order chi connectivity index (χ0) is 16.6. The van der Waals surface area contributed by atoms with Gasteiger partial charge in [0, 0.05) is 18.9 Å². The van der Waals surface area contributed by atoms with Gasteiger partial charge in [-0.2, -0.15) is 5.26 Å². The van der Waals surface area contributed by atoms with E-state index in [2.05, 4.69) is 4.98 Å². The number of hydrogen-bond acceptors (Lipinski definition) is 3. The average Bonchev–Trinajstić information content (AvgIpc) is 3.12. The molecule has 1 aromatic heterocycles. The van der Waals surface area contributed by atoms with E-state index in [9.17, 15) is 18.0 Å². The molecule has 8 heteroatoms. The SMILES string of the molecule is N#Cc1cncn1CN1CC(c2ccc(F)c(F)c2F)CC1=O. The van der Waals surface area contributed by atoms with Crippen LogP contribution < -0.4 is 0 Å². The van der Waals surface area contributed by atoms with Crippen molar-refractivity contribution in [3.8, 4) is 6.07 Å². The van der Waals surface area contributed by atoms with Gasteiger partial charge in [-0.05, 0) is 11.6 Å². The van der Waals surface area contributed by atoms with Gasteiger partial charge in [-0.1, -0.05) is 6.07 Å². The fourth-order valence-electron chi connectivity index (χ4n) is 2.68. The lowest BCUT2D eigenvalue weighted by Crippen LogP contribution is -2.28. The van der Waals surface area contributed by atoms with Crippen molar-refractivity contribution < 1.29 is 18.0 Å². The second-order valence-corrected chi connectivity index (χ2v) is 5.28. The van der Waals surface area contributed by atoms with Crippen molar-refractivity contribution in [3.05, 3.63) is 53.4 Å². The number of aromatic nitrogens is 2. The molecule has 23 heavy (non-hydrogen) atoms. The van der Waals surface area contributed by atoms with Crippen LogP contribution >= 0.6 is 0 Å². The molecule has 1 atom stereocenters. The molecule has 0 bridgehead atoms. The van der Waals surface area contributed by atoms with Crippen LogP contribution in [0.1, 0.15) is 23.6 Å². The molecule has 0 radical (unpaired) electrons. The molecular weight excluding hydrogens is 309 g/mol. The van der Waals surface area contributed by atoms with Crippen LogP contribution in [0.15, 0.2) is 24.7 Å². The van der Waals surface area contributed by atoms with Gasteiger partial charge in [-0.25, -0.2) is 18.2 Å². The first kappa shape index (κ1) is 15.1. The minimum absolute atomic E-state index is 0.00141. The highest BCUT2D eigenvalue weighted by atomic mass is 19.2. The number of nitrogens with zero attached hydrogens (tertiary/aromatic N) is 4. The molecule has 118 valence electrons. The van der Waals surface area contributed by atoms with Gasteiger partial charge >= 0.3 is 0 Å². The molecule has 1 aromatic carbocycles. The van der Waals surface area contributed by atoms with E-state index < -0.39 is 23.4 Å². The van der Waals surface area contributed by atoms with Gasteiger partial charge in [-0.3, -0.25) is 4.79 Å². The summed E-state index contributed by atoms with van der Waals surface area (Å²) in [6.45, 7) is 0.257. The molecule has 2 heterocycles. The molecule has 0 N–H and O–H groups in total. The first-order chi connectivity index (χ1) is 11.0. The van der Waals surface area contributed by atoms with Crippen molar-refractivity contribution in [1.29, 1.82) is 5.26 Å². The Morgan fingerprint density at radius 1 is 1.30 bits per heavy atom. The minimum atomic E-state index is -1.53. The third-order valence-corrected chi connectivity index (χ3v) is 3.87. The van der Waals surface area contributed by atoms with E-state index in [0.29, 0.717) is 5.69 Å². The molecule has 1 saturated heterocycles. The Bertz CT molecular complexity index is 812. The van der Waals surface area contributed by atoms with E-state index >= 15 is 0 Å². The van der Waals surface area contributed by atoms with Crippen LogP contribution in [0.4, 0.5) is 13.2 Å². The standard InChI is InChI=1S/C15H11F3N4O/c16-12-2-1-11(14(17)15(12)18)9-3-13(23)21(6-9)8-22-7-20-5-10(22)4-19/h1-2,5,7,9H,3,6,8H2. The molecular formula is C15H11F3N4O. The lowest BCUT2D eigenvalue weighted by molar-refractivity contribution is -0.129. The van der Waals surface area contributed by atoms with Crippen molar-refractivity contribution >= 4 is 5.91 Å². The summed E-state index contributed by atoms with van der Waals surface area (Å²) < 4.78 is 41.7. The van der Waals surface area contributed by atoms with E-state index in [4.69, 9.17) is 5.26 Å². The lowest BCUT2D eigenvalue weighted by Gasteiger charge is -2.18. The molecule has 2 aromatic rings. The summed E-state index contributed by atoms with van der Waals surface area (Å²) in [5.41, 5.74) is 0.270. The van der Waals surface area contributed by atoms with Crippen LogP contribution in [0.5, 0.6) is 0 Å². The predicted octanol–water partition coefficient (Wildman–Crippen LogP) is 2.15. The maximum Gasteiger partial charge on any atom is 0.224 e. The number of rotatable bonds is 3. The summed E-state index contributed by atoms with van der Waals surface area (Å²) in [6, 6.07) is 3.95. The number of nitriles is 1. The Labute approximate surface area is 129 Å². The van der Waals surface area contributed by atoms with Crippen molar-refractivity contribution in [2.24, 2.45) is 0 Å². The zero-order valence-corrected chi connectivity index (χ0v) is 11.8. The largest absolute Gasteiger partial charge is 0.324 e. The Balaban J connectivity index is 1.81. The third-order valence-electron chi connectivity index (χ3n) is 3.87. The van der Waals surface area contributed by atoms with Gasteiger partial charge in [0.15, 0.2) is 17.5 Å². The molecule has 0 spiro atoms. The van der Waals surface area contributed by atoms with Crippen molar-refractivity contribution in [2.75, 3.05) is 6.54 Å². The monoisotopic (exact) mass is 320 g/mol. The number of amides is 1. The van der Waals surface area contributed by atoms with Crippen molar-refractivity contribution in [1.82, 2.24) is 14.5 Å². The summed E-state index contributed by atoms with van der Waals surface area (Å²) in [6.07, 6.45) is 2.78. The average molecular weight is 320 g/mol. The van der Waals surface area contributed by atoms with Crippen LogP contribution in [0.2, 0.25) is 0 Å². The molecule has 0 saturated carbocycles. The quantitative estimate of drug-likeness (QED) is 0.814. The number of hydrogen-bond donors (Lipinski definition) is 0. The first-order valence-electron chi connectivity index (χ1n) is 6.82. The highest BCUT2D eigenvalue weighted by Crippen LogP contribution is 2.31. The Hall–Kier alpha value is -2.82. The second kappa shape index (κ2) is 5.76. The maximum absolute atomic E-state index is 13.9. The number of likely N-dealkylation sites (tertiary alicyclic amines) is 1. The maximum atomic E-state index is 13.9. The first-order valence-corrected chi connectivity index (χ1v) is 6.82. The Morgan fingerprint density at radius 3 is 2.83 bits per heavy atom. The van der Waals surface area contributed by atoms with E-state index in [0.717, 1.165) is 12.1 Å². The highest BCUT2D eigenvalue weighted by molar-refractivity contribution is 5.79. The topological polar surface area (TPSA) is 61.9 Å². The van der Waals surface area contributed by atoms with E-state index in [-0.39, 0.29) is 31.1 Å². The number of imidazole rings is 1. The molecule has 5 nitrogen and oxygen atoms in total. The Morgan fingerprint density at radius 2 is 2.09 bits per heavy atom. The molecule has 1 fully saturated rings. The summed E-state index contributed by atoms with van der Waals surface area (Å²) in [5.74, 6) is -4.87. The number of carbonyl (C=O) groups is 1. The lowest BCUT2D eigenvalue weighted by atomic mass is 9.97. The van der Waals surface area contributed by atoms with Crippen LogP contribution in [0, 0.1) is 28.8 Å². The fourth-order valence-corrected chi connectivity index (χ4v) is 2.68. The predicted molar refractivity (Wildman–Crippen MR) is 72.3 cm³/mol. The Kier molecular flexibility index (Phi) is 3.78. The molecule has 1 unspecified atom stereocenters. The smallest absolute Gasteiger partial charge is 0.224 e. The van der Waals surface area contributed by atoms with Crippen LogP contribution in [0.3, 0.4) is 0 Å².